The monoisotopic (exact) mass is 197 g/mol. The summed E-state index contributed by atoms with van der Waals surface area (Å²) in [6.45, 7) is 0. The van der Waals surface area contributed by atoms with Crippen molar-refractivity contribution in [3.05, 3.63) is 48.5 Å². The second kappa shape index (κ2) is 4.30. The molecule has 0 saturated heterocycles. The van der Waals surface area contributed by atoms with Crippen molar-refractivity contribution >= 4 is 7.69 Å². The van der Waals surface area contributed by atoms with Gasteiger partial charge in [-0.2, -0.15) is 0 Å². The fourth-order valence-electron chi connectivity index (χ4n) is 1.56. The van der Waals surface area contributed by atoms with Crippen molar-refractivity contribution in [1.29, 1.82) is 0 Å². The van der Waals surface area contributed by atoms with Gasteiger partial charge >= 0.3 is 7.69 Å². The van der Waals surface area contributed by atoms with Gasteiger partial charge in [-0.15, -0.1) is 0 Å². The summed E-state index contributed by atoms with van der Waals surface area (Å²) >= 11 is 0. The van der Waals surface area contributed by atoms with Gasteiger partial charge in [0.15, 0.2) is 0 Å². The Hall–Kier alpha value is -1.58. The molecule has 0 aromatic heterocycles. The van der Waals surface area contributed by atoms with Gasteiger partial charge in [0.1, 0.15) is 0 Å². The van der Waals surface area contributed by atoms with E-state index in [1.807, 2.05) is 6.07 Å². The van der Waals surface area contributed by atoms with E-state index in [1.165, 1.54) is 22.3 Å². The lowest BCUT2D eigenvalue weighted by atomic mass is 10.1. The maximum atomic E-state index is 7.00. The summed E-state index contributed by atoms with van der Waals surface area (Å²) in [6.07, 6.45) is 0. The van der Waals surface area contributed by atoms with Crippen LogP contribution in [0.5, 0.6) is 0 Å². The Morgan fingerprint density at radius 3 is 1.53 bits per heavy atom. The third-order valence-electron chi connectivity index (χ3n) is 2.29. The van der Waals surface area contributed by atoms with E-state index in [2.05, 4.69) is 42.5 Å². The van der Waals surface area contributed by atoms with Crippen LogP contribution in [0.1, 0.15) is 0 Å². The van der Waals surface area contributed by atoms with Gasteiger partial charge in [-0.05, 0) is 40.5 Å². The molecule has 0 amide bonds. The number of benzene rings is 2. The molecule has 0 saturated carbocycles. The van der Waals surface area contributed by atoms with Gasteiger partial charge < -0.3 is 10.0 Å². The van der Waals surface area contributed by atoms with Crippen LogP contribution < -0.4 is 0 Å². The van der Waals surface area contributed by atoms with Crippen molar-refractivity contribution in [2.24, 2.45) is 0 Å². The minimum absolute atomic E-state index is 0. The number of hydrogen-bond donors (Lipinski definition) is 2. The third-order valence-corrected chi connectivity index (χ3v) is 2.29. The molecule has 2 nitrogen and oxygen atoms in total. The Morgan fingerprint density at radius 2 is 1.07 bits per heavy atom. The lowest BCUT2D eigenvalue weighted by molar-refractivity contribution is 0.448. The van der Waals surface area contributed by atoms with Crippen LogP contribution in [0.4, 0.5) is 0 Å². The normalized spacial score (nSPS) is 10.0. The molecule has 2 aliphatic carbocycles. The Morgan fingerprint density at radius 1 is 0.667 bits per heavy atom. The minimum Gasteiger partial charge on any atom is -0.429 e. The highest BCUT2D eigenvalue weighted by molar-refractivity contribution is 6.13. The quantitative estimate of drug-likeness (QED) is 0.584. The molecule has 2 N–H and O–H groups in total. The SMILES string of the molecule is O[B]O.c1ccc(-c2cc3cc-3c2)cc1. The van der Waals surface area contributed by atoms with Crippen molar-refractivity contribution < 1.29 is 10.0 Å². The summed E-state index contributed by atoms with van der Waals surface area (Å²) in [6, 6.07) is 17.2. The first-order chi connectivity index (χ1) is 7.35. The van der Waals surface area contributed by atoms with Gasteiger partial charge in [0.2, 0.25) is 0 Å². The number of fused-ring (bicyclic) bond motifs is 1. The smallest absolute Gasteiger partial charge is 0.429 e. The number of rotatable bonds is 1. The van der Waals surface area contributed by atoms with Gasteiger partial charge in [0, 0.05) is 0 Å². The summed E-state index contributed by atoms with van der Waals surface area (Å²) in [4.78, 5) is 0. The summed E-state index contributed by atoms with van der Waals surface area (Å²) in [5.74, 6) is 0. The average Bonchev–Trinajstić information content (AvgIpc) is 2.88. The molecule has 0 heterocycles. The minimum atomic E-state index is 0. The van der Waals surface area contributed by atoms with Crippen LogP contribution >= 0.6 is 0 Å². The zero-order valence-corrected chi connectivity index (χ0v) is 8.09. The summed E-state index contributed by atoms with van der Waals surface area (Å²) in [5, 5.41) is 14.0. The molecular weight excluding hydrogens is 187 g/mol. The van der Waals surface area contributed by atoms with Crippen LogP contribution in [0, 0.1) is 0 Å². The van der Waals surface area contributed by atoms with Crippen LogP contribution in [0.25, 0.3) is 22.3 Å². The van der Waals surface area contributed by atoms with E-state index in [0.29, 0.717) is 0 Å². The summed E-state index contributed by atoms with van der Waals surface area (Å²) in [7, 11) is 0. The molecule has 0 unspecified atom stereocenters. The molecule has 3 rings (SSSR count). The Bertz CT molecular complexity index is 434. The Balaban J connectivity index is 0.000000258. The highest BCUT2D eigenvalue weighted by atomic mass is 16.4. The zero-order chi connectivity index (χ0) is 10.7. The maximum Gasteiger partial charge on any atom is 0.482 e. The molecule has 0 atom stereocenters. The molecule has 1 aromatic carbocycles. The average molecular weight is 197 g/mol. The van der Waals surface area contributed by atoms with E-state index in [0.717, 1.165) is 0 Å². The first kappa shape index (κ1) is 9.96. The van der Waals surface area contributed by atoms with Gasteiger partial charge in [0.05, 0.1) is 0 Å². The van der Waals surface area contributed by atoms with E-state index in [4.69, 9.17) is 10.0 Å². The Labute approximate surface area is 89.1 Å². The first-order valence-corrected chi connectivity index (χ1v) is 4.66. The lowest BCUT2D eigenvalue weighted by Crippen LogP contribution is -1.75. The van der Waals surface area contributed by atoms with Gasteiger partial charge in [0.25, 0.3) is 0 Å². The fourth-order valence-corrected chi connectivity index (χ4v) is 1.56. The van der Waals surface area contributed by atoms with E-state index in [1.54, 1.807) is 0 Å². The molecule has 0 fully saturated rings. The Kier molecular flexibility index (Phi) is 2.85. The molecule has 3 heteroatoms. The largest absolute Gasteiger partial charge is 0.482 e. The first-order valence-electron chi connectivity index (χ1n) is 4.66. The van der Waals surface area contributed by atoms with Crippen molar-refractivity contribution in [2.45, 2.75) is 0 Å². The molecule has 1 aromatic rings. The van der Waals surface area contributed by atoms with Crippen LogP contribution in [0.3, 0.4) is 0 Å². The third kappa shape index (κ3) is 2.26. The topological polar surface area (TPSA) is 40.5 Å². The molecular formula is C12H10BO2. The van der Waals surface area contributed by atoms with E-state index in [-0.39, 0.29) is 7.69 Å². The highest BCUT2D eigenvalue weighted by Crippen LogP contribution is 2.40. The second-order valence-corrected chi connectivity index (χ2v) is 3.28. The highest BCUT2D eigenvalue weighted by Gasteiger charge is 2.14. The van der Waals surface area contributed by atoms with E-state index >= 15 is 0 Å². The van der Waals surface area contributed by atoms with Gasteiger partial charge in [-0.1, -0.05) is 30.3 Å². The van der Waals surface area contributed by atoms with E-state index < -0.39 is 0 Å². The molecule has 15 heavy (non-hydrogen) atoms. The number of hydrogen-bond acceptors (Lipinski definition) is 2. The van der Waals surface area contributed by atoms with Crippen molar-refractivity contribution in [3.8, 4) is 22.3 Å². The zero-order valence-electron chi connectivity index (χ0n) is 8.09. The predicted octanol–water partition coefficient (Wildman–Crippen LogP) is 1.84. The fraction of sp³-hybridized carbons (Fsp3) is 0. The summed E-state index contributed by atoms with van der Waals surface area (Å²) in [5.41, 5.74) is 5.49. The predicted molar refractivity (Wildman–Crippen MR) is 61.1 cm³/mol. The van der Waals surface area contributed by atoms with Gasteiger partial charge in [-0.3, -0.25) is 0 Å². The van der Waals surface area contributed by atoms with Crippen molar-refractivity contribution in [1.82, 2.24) is 0 Å². The van der Waals surface area contributed by atoms with Crippen LogP contribution in [0.2, 0.25) is 0 Å². The lowest BCUT2D eigenvalue weighted by Gasteiger charge is -1.94. The molecule has 0 spiro atoms. The van der Waals surface area contributed by atoms with Crippen LogP contribution in [0.15, 0.2) is 48.5 Å². The molecule has 73 valence electrons. The molecule has 1 radical (unpaired) electrons. The summed E-state index contributed by atoms with van der Waals surface area (Å²) < 4.78 is 0. The molecule has 0 bridgehead atoms. The van der Waals surface area contributed by atoms with Gasteiger partial charge in [-0.25, -0.2) is 0 Å². The van der Waals surface area contributed by atoms with Crippen LogP contribution in [-0.2, 0) is 0 Å². The van der Waals surface area contributed by atoms with Crippen LogP contribution in [-0.4, -0.2) is 17.7 Å². The molecule has 2 aliphatic rings. The van der Waals surface area contributed by atoms with Crippen molar-refractivity contribution in [3.63, 3.8) is 0 Å². The maximum absolute atomic E-state index is 7.00. The van der Waals surface area contributed by atoms with Crippen molar-refractivity contribution in [2.75, 3.05) is 0 Å². The van der Waals surface area contributed by atoms with E-state index in [9.17, 15) is 0 Å². The standard InChI is InChI=1S/C12H8.BH2O2/c1-2-4-9(5-3-1)10-6-11-8-12(11)7-10;2-1-3/h1-8H;2-3H. The molecule has 0 aliphatic heterocycles. The second-order valence-electron chi connectivity index (χ2n) is 3.28.